The standard InChI is InChI=1S/C23H34N4O4/c1-15-21-16-4-6-17(7-5-16)31-13-19-18(26-22(28)20-3-2-11-29-20)8-9-27(19)10-12-30-23(21)25-14-24-15/h14,16-20H,2-13H2,1H3,(H,26,28)/t16?,17?,18-,19?,20?/m0/s1. The van der Waals surface area contributed by atoms with Crippen molar-refractivity contribution in [3.05, 3.63) is 17.6 Å². The van der Waals surface area contributed by atoms with E-state index in [0.29, 0.717) is 25.7 Å². The van der Waals surface area contributed by atoms with E-state index in [2.05, 4.69) is 27.1 Å². The van der Waals surface area contributed by atoms with E-state index >= 15 is 0 Å². The molecule has 8 nitrogen and oxygen atoms in total. The van der Waals surface area contributed by atoms with Crippen molar-refractivity contribution in [1.82, 2.24) is 20.2 Å². The van der Waals surface area contributed by atoms with E-state index in [9.17, 15) is 4.79 Å². The number of rotatable bonds is 2. The van der Waals surface area contributed by atoms with Crippen LogP contribution in [0.2, 0.25) is 0 Å². The molecule has 1 aromatic rings. The molecule has 3 atom stereocenters. The number of hydrogen-bond donors (Lipinski definition) is 1. The van der Waals surface area contributed by atoms with Crippen LogP contribution in [0.4, 0.5) is 0 Å². The smallest absolute Gasteiger partial charge is 0.249 e. The summed E-state index contributed by atoms with van der Waals surface area (Å²) >= 11 is 0. The number of aromatic nitrogens is 2. The summed E-state index contributed by atoms with van der Waals surface area (Å²) in [7, 11) is 0. The van der Waals surface area contributed by atoms with Crippen molar-refractivity contribution in [2.75, 3.05) is 32.9 Å². The average Bonchev–Trinajstić information content (AvgIpc) is 3.43. The molecular formula is C23H34N4O4. The Morgan fingerprint density at radius 3 is 2.74 bits per heavy atom. The minimum absolute atomic E-state index is 0.0325. The van der Waals surface area contributed by atoms with Gasteiger partial charge in [0.15, 0.2) is 0 Å². The maximum absolute atomic E-state index is 12.7. The third-order valence-corrected chi connectivity index (χ3v) is 7.46. The number of nitrogens with zero attached hydrogens (tertiary/aromatic N) is 3. The van der Waals surface area contributed by atoms with Crippen molar-refractivity contribution in [3.63, 3.8) is 0 Å². The fraction of sp³-hybridized carbons (Fsp3) is 0.783. The van der Waals surface area contributed by atoms with Crippen LogP contribution in [-0.2, 0) is 14.3 Å². The highest BCUT2D eigenvalue weighted by Gasteiger charge is 2.38. The SMILES string of the molecule is Cc1ncnc2c1C1CCC(CC1)OCC1[C@@H](NC(=O)C3CCCO3)CCN1CCO2. The Hall–Kier alpha value is -1.77. The van der Waals surface area contributed by atoms with E-state index < -0.39 is 0 Å². The van der Waals surface area contributed by atoms with E-state index in [-0.39, 0.29) is 30.2 Å². The predicted molar refractivity (Wildman–Crippen MR) is 114 cm³/mol. The van der Waals surface area contributed by atoms with Gasteiger partial charge in [0.2, 0.25) is 11.8 Å². The second-order valence-corrected chi connectivity index (χ2v) is 9.34. The average molecular weight is 431 g/mol. The van der Waals surface area contributed by atoms with E-state index in [0.717, 1.165) is 69.6 Å². The van der Waals surface area contributed by atoms with Crippen LogP contribution in [0.15, 0.2) is 6.33 Å². The molecule has 2 saturated heterocycles. The van der Waals surface area contributed by atoms with Crippen molar-refractivity contribution in [2.24, 2.45) is 0 Å². The van der Waals surface area contributed by atoms with Gasteiger partial charge in [-0.15, -0.1) is 0 Å². The molecule has 0 spiro atoms. The first-order valence-corrected chi connectivity index (χ1v) is 11.9. The molecule has 6 rings (SSSR count). The summed E-state index contributed by atoms with van der Waals surface area (Å²) in [4.78, 5) is 24.0. The Balaban J connectivity index is 1.31. The molecule has 5 heterocycles. The first kappa shape index (κ1) is 21.1. The van der Waals surface area contributed by atoms with Crippen molar-refractivity contribution < 1.29 is 19.0 Å². The molecule has 8 heteroatoms. The van der Waals surface area contributed by atoms with Crippen LogP contribution >= 0.6 is 0 Å². The first-order valence-electron chi connectivity index (χ1n) is 11.9. The molecule has 2 unspecified atom stereocenters. The molecule has 4 aliphatic heterocycles. The number of amides is 1. The lowest BCUT2D eigenvalue weighted by atomic mass is 9.82. The number of aryl methyl sites for hydroxylation is 1. The number of nitrogens with one attached hydrogen (secondary N) is 1. The number of carbonyl (C=O) groups excluding carboxylic acids is 1. The molecule has 3 fully saturated rings. The van der Waals surface area contributed by atoms with Gasteiger partial charge in [0.05, 0.1) is 18.8 Å². The predicted octanol–water partition coefficient (Wildman–Crippen LogP) is 1.96. The zero-order chi connectivity index (χ0) is 21.2. The molecule has 31 heavy (non-hydrogen) atoms. The maximum Gasteiger partial charge on any atom is 0.249 e. The third kappa shape index (κ3) is 4.56. The van der Waals surface area contributed by atoms with Gasteiger partial charge in [-0.3, -0.25) is 9.69 Å². The Labute approximate surface area is 184 Å². The molecule has 0 aromatic carbocycles. The number of carbonyl (C=O) groups is 1. The summed E-state index contributed by atoms with van der Waals surface area (Å²) in [6.45, 7) is 5.68. The van der Waals surface area contributed by atoms with E-state index in [1.165, 1.54) is 5.56 Å². The van der Waals surface area contributed by atoms with Crippen LogP contribution in [0, 0.1) is 6.92 Å². The Morgan fingerprint density at radius 1 is 1.06 bits per heavy atom. The highest BCUT2D eigenvalue weighted by atomic mass is 16.5. The summed E-state index contributed by atoms with van der Waals surface area (Å²) in [6.07, 6.45) is 8.54. The summed E-state index contributed by atoms with van der Waals surface area (Å²) in [6, 6.07) is 0.258. The monoisotopic (exact) mass is 430 g/mol. The highest BCUT2D eigenvalue weighted by Crippen LogP contribution is 2.39. The lowest BCUT2D eigenvalue weighted by molar-refractivity contribution is -0.131. The Kier molecular flexibility index (Phi) is 6.39. The normalized spacial score (nSPS) is 34.0. The zero-order valence-electron chi connectivity index (χ0n) is 18.4. The molecule has 1 aromatic heterocycles. The molecule has 1 saturated carbocycles. The molecular weight excluding hydrogens is 396 g/mol. The van der Waals surface area contributed by atoms with Gasteiger partial charge < -0.3 is 19.5 Å². The van der Waals surface area contributed by atoms with Crippen LogP contribution in [-0.4, -0.2) is 78.0 Å². The van der Waals surface area contributed by atoms with Gasteiger partial charge in [0.25, 0.3) is 0 Å². The van der Waals surface area contributed by atoms with E-state index in [1.54, 1.807) is 6.33 Å². The number of hydrogen-bond acceptors (Lipinski definition) is 7. The molecule has 0 radical (unpaired) electrons. The van der Waals surface area contributed by atoms with Crippen LogP contribution < -0.4 is 10.1 Å². The van der Waals surface area contributed by atoms with Gasteiger partial charge in [-0.05, 0) is 57.8 Å². The van der Waals surface area contributed by atoms with Crippen LogP contribution in [0.25, 0.3) is 0 Å². The van der Waals surface area contributed by atoms with Crippen LogP contribution in [0.3, 0.4) is 0 Å². The maximum atomic E-state index is 12.7. The van der Waals surface area contributed by atoms with Crippen molar-refractivity contribution >= 4 is 5.91 Å². The molecule has 5 aliphatic rings. The van der Waals surface area contributed by atoms with Crippen molar-refractivity contribution in [2.45, 2.75) is 82.1 Å². The minimum Gasteiger partial charge on any atom is -0.476 e. The van der Waals surface area contributed by atoms with Gasteiger partial charge in [-0.25, -0.2) is 9.97 Å². The van der Waals surface area contributed by atoms with Gasteiger partial charge in [0, 0.05) is 37.0 Å². The number of ether oxygens (including phenoxy) is 3. The van der Waals surface area contributed by atoms with Crippen molar-refractivity contribution in [3.8, 4) is 5.88 Å². The minimum atomic E-state index is -0.289. The van der Waals surface area contributed by atoms with Crippen LogP contribution in [0.1, 0.15) is 62.1 Å². The molecule has 170 valence electrons. The second-order valence-electron chi connectivity index (χ2n) is 9.34. The fourth-order valence-electron chi connectivity index (χ4n) is 5.70. The topological polar surface area (TPSA) is 85.8 Å². The summed E-state index contributed by atoms with van der Waals surface area (Å²) in [5.41, 5.74) is 2.21. The first-order chi connectivity index (χ1) is 15.2. The van der Waals surface area contributed by atoms with Crippen molar-refractivity contribution in [1.29, 1.82) is 0 Å². The van der Waals surface area contributed by atoms with Crippen LogP contribution in [0.5, 0.6) is 5.88 Å². The number of fused-ring (bicyclic) bond motifs is 5. The lowest BCUT2D eigenvalue weighted by Gasteiger charge is -2.32. The Morgan fingerprint density at radius 2 is 1.94 bits per heavy atom. The quantitative estimate of drug-likeness (QED) is 0.768. The largest absolute Gasteiger partial charge is 0.476 e. The Bertz CT molecular complexity index is 777. The van der Waals surface area contributed by atoms with E-state index in [1.807, 2.05) is 0 Å². The second kappa shape index (κ2) is 9.38. The molecule has 2 bridgehead atoms. The van der Waals surface area contributed by atoms with Gasteiger partial charge in [-0.2, -0.15) is 0 Å². The summed E-state index contributed by atoms with van der Waals surface area (Å²) in [5.74, 6) is 1.22. The molecule has 1 N–H and O–H groups in total. The highest BCUT2D eigenvalue weighted by molar-refractivity contribution is 5.81. The van der Waals surface area contributed by atoms with Gasteiger partial charge in [0.1, 0.15) is 19.0 Å². The zero-order valence-corrected chi connectivity index (χ0v) is 18.4. The van der Waals surface area contributed by atoms with E-state index in [4.69, 9.17) is 14.2 Å². The van der Waals surface area contributed by atoms with Gasteiger partial charge >= 0.3 is 0 Å². The molecule has 1 aliphatic carbocycles. The fourth-order valence-corrected chi connectivity index (χ4v) is 5.70. The lowest BCUT2D eigenvalue weighted by Crippen LogP contribution is -2.50. The third-order valence-electron chi connectivity index (χ3n) is 7.46. The molecule has 1 amide bonds. The van der Waals surface area contributed by atoms with Gasteiger partial charge in [-0.1, -0.05) is 0 Å². The summed E-state index contributed by atoms with van der Waals surface area (Å²) < 4.78 is 18.2. The summed E-state index contributed by atoms with van der Waals surface area (Å²) in [5, 5.41) is 3.26.